The summed E-state index contributed by atoms with van der Waals surface area (Å²) in [5.74, 6) is 0.116. The van der Waals surface area contributed by atoms with E-state index in [9.17, 15) is 9.59 Å². The Hall–Kier alpha value is -3.13. The number of nitrogens with zero attached hydrogens (tertiary/aromatic N) is 3. The van der Waals surface area contributed by atoms with Gasteiger partial charge in [0.1, 0.15) is 23.5 Å². The number of nitrogens with one attached hydrogen (secondary N) is 1. The topological polar surface area (TPSA) is 76.5 Å². The molecule has 0 radical (unpaired) electrons. The zero-order chi connectivity index (χ0) is 22.0. The van der Waals surface area contributed by atoms with Crippen LogP contribution in [0.3, 0.4) is 0 Å². The van der Waals surface area contributed by atoms with Gasteiger partial charge in [0.05, 0.1) is 7.11 Å². The van der Waals surface area contributed by atoms with E-state index in [1.54, 1.807) is 18.2 Å². The van der Waals surface area contributed by atoms with Crippen LogP contribution in [0, 0.1) is 5.92 Å². The van der Waals surface area contributed by atoms with Crippen LogP contribution in [0.2, 0.25) is 0 Å². The fourth-order valence-electron chi connectivity index (χ4n) is 3.84. The molecule has 31 heavy (non-hydrogen) atoms. The molecule has 1 aromatic heterocycles. The van der Waals surface area contributed by atoms with E-state index in [-0.39, 0.29) is 11.8 Å². The summed E-state index contributed by atoms with van der Waals surface area (Å²) >= 11 is 3.44. The molecule has 0 bridgehead atoms. The lowest BCUT2D eigenvalue weighted by Gasteiger charge is -2.22. The van der Waals surface area contributed by atoms with Gasteiger partial charge in [-0.1, -0.05) is 34.1 Å². The average Bonchev–Trinajstić information content (AvgIpc) is 3.37. The number of methoxy groups -OCH3 is 1. The predicted octanol–water partition coefficient (Wildman–Crippen LogP) is 3.45. The Morgan fingerprint density at radius 2 is 2.06 bits per heavy atom. The molecule has 0 aliphatic carbocycles. The number of hydrogen-bond donors (Lipinski definition) is 1. The summed E-state index contributed by atoms with van der Waals surface area (Å²) < 4.78 is 8.09. The molecule has 4 rings (SSSR count). The van der Waals surface area contributed by atoms with Gasteiger partial charge in [-0.2, -0.15) is 0 Å². The van der Waals surface area contributed by atoms with Crippen LogP contribution in [-0.4, -0.2) is 35.0 Å². The summed E-state index contributed by atoms with van der Waals surface area (Å²) in [6.45, 7) is 0.500. The second-order valence-corrected chi connectivity index (χ2v) is 8.34. The molecule has 1 aliphatic rings. The number of carbonyl (C=O) groups is 2. The highest BCUT2D eigenvalue weighted by Crippen LogP contribution is 2.29. The van der Waals surface area contributed by atoms with Gasteiger partial charge in [0.15, 0.2) is 0 Å². The van der Waals surface area contributed by atoms with Gasteiger partial charge in [-0.05, 0) is 42.3 Å². The van der Waals surface area contributed by atoms with E-state index >= 15 is 0 Å². The molecule has 1 N–H and O–H groups in total. The Labute approximate surface area is 189 Å². The first kappa shape index (κ1) is 21.1. The lowest BCUT2D eigenvalue weighted by atomic mass is 10.0. The first-order chi connectivity index (χ1) is 15.0. The molecule has 0 spiro atoms. The van der Waals surface area contributed by atoms with E-state index < -0.39 is 12.0 Å². The van der Waals surface area contributed by atoms with Crippen molar-refractivity contribution in [2.75, 3.05) is 18.6 Å². The van der Waals surface area contributed by atoms with Crippen molar-refractivity contribution in [2.24, 2.45) is 13.0 Å². The number of halogens is 1. The van der Waals surface area contributed by atoms with Crippen molar-refractivity contribution in [2.45, 2.75) is 12.5 Å². The number of aryl methyl sites for hydroxylation is 1. The van der Waals surface area contributed by atoms with Crippen LogP contribution in [0.5, 0.6) is 5.75 Å². The minimum absolute atomic E-state index is 0.195. The second-order valence-electron chi connectivity index (χ2n) is 7.43. The van der Waals surface area contributed by atoms with Crippen LogP contribution < -0.4 is 15.0 Å². The van der Waals surface area contributed by atoms with Gasteiger partial charge < -0.3 is 19.5 Å². The van der Waals surface area contributed by atoms with Crippen molar-refractivity contribution in [3.63, 3.8) is 0 Å². The van der Waals surface area contributed by atoms with Crippen LogP contribution in [0.4, 0.5) is 5.69 Å². The average molecular weight is 483 g/mol. The maximum Gasteiger partial charge on any atom is 0.239 e. The highest BCUT2D eigenvalue weighted by Gasteiger charge is 2.39. The summed E-state index contributed by atoms with van der Waals surface area (Å²) in [7, 11) is 3.47. The zero-order valence-corrected chi connectivity index (χ0v) is 18.9. The number of rotatable bonds is 6. The number of hydrogen-bond acceptors (Lipinski definition) is 4. The molecule has 2 atom stereocenters. The molecule has 2 unspecified atom stereocenters. The molecular formula is C23H23BrN4O3. The molecule has 2 amide bonds. The Balaban J connectivity index is 1.58. The third kappa shape index (κ3) is 4.34. The molecule has 1 aliphatic heterocycles. The number of benzene rings is 2. The summed E-state index contributed by atoms with van der Waals surface area (Å²) in [6.07, 6.45) is 3.97. The van der Waals surface area contributed by atoms with Crippen LogP contribution in [0.15, 0.2) is 65.4 Å². The van der Waals surface area contributed by atoms with Crippen molar-refractivity contribution in [1.82, 2.24) is 14.9 Å². The number of carbonyl (C=O) groups excluding carboxylic acids is 2. The fourth-order valence-corrected chi connectivity index (χ4v) is 4.23. The third-order valence-corrected chi connectivity index (χ3v) is 5.97. The smallest absolute Gasteiger partial charge is 0.239 e. The van der Waals surface area contributed by atoms with Gasteiger partial charge >= 0.3 is 0 Å². The van der Waals surface area contributed by atoms with Crippen LogP contribution in [-0.2, 0) is 16.6 Å². The van der Waals surface area contributed by atoms with Crippen molar-refractivity contribution in [3.05, 3.63) is 76.8 Å². The Bertz CT molecular complexity index is 1110. The highest BCUT2D eigenvalue weighted by molar-refractivity contribution is 9.10. The molecule has 1 fully saturated rings. The highest BCUT2D eigenvalue weighted by atomic mass is 79.9. The molecule has 160 valence electrons. The largest absolute Gasteiger partial charge is 0.497 e. The van der Waals surface area contributed by atoms with E-state index in [0.29, 0.717) is 24.5 Å². The van der Waals surface area contributed by atoms with Gasteiger partial charge in [-0.3, -0.25) is 9.59 Å². The molecule has 0 saturated carbocycles. The number of amides is 2. The van der Waals surface area contributed by atoms with Crippen LogP contribution in [0.25, 0.3) is 0 Å². The first-order valence-corrected chi connectivity index (χ1v) is 10.8. The standard InChI is InChI=1S/C23H23BrN4O3/c1-27-12-10-25-21(27)20(15-5-3-8-18(13-15)31-2)26-22(29)19-9-11-28(23(19)30)17-7-4-6-16(24)14-17/h3-8,10,12-14,19-20H,9,11H2,1-2H3,(H,26,29). The molecule has 1 saturated heterocycles. The lowest BCUT2D eigenvalue weighted by molar-refractivity contribution is -0.132. The molecule has 7 nitrogen and oxygen atoms in total. The van der Waals surface area contributed by atoms with Gasteiger partial charge in [-0.15, -0.1) is 0 Å². The van der Waals surface area contributed by atoms with E-state index in [1.807, 2.05) is 66.3 Å². The van der Waals surface area contributed by atoms with Crippen LogP contribution >= 0.6 is 15.9 Å². The molecule has 2 aromatic carbocycles. The number of anilines is 1. The van der Waals surface area contributed by atoms with E-state index in [1.165, 1.54) is 0 Å². The number of ether oxygens (including phenoxy) is 1. The minimum Gasteiger partial charge on any atom is -0.497 e. The maximum atomic E-state index is 13.2. The van der Waals surface area contributed by atoms with Crippen molar-refractivity contribution < 1.29 is 14.3 Å². The monoisotopic (exact) mass is 482 g/mol. The first-order valence-electron chi connectivity index (χ1n) is 9.96. The molecular weight excluding hydrogens is 460 g/mol. The quantitative estimate of drug-likeness (QED) is 0.545. The van der Waals surface area contributed by atoms with E-state index in [4.69, 9.17) is 4.74 Å². The summed E-state index contributed by atoms with van der Waals surface area (Å²) in [5.41, 5.74) is 1.61. The van der Waals surface area contributed by atoms with E-state index in [2.05, 4.69) is 26.2 Å². The molecule has 8 heteroatoms. The summed E-state index contributed by atoms with van der Waals surface area (Å²) in [6, 6.07) is 14.5. The Morgan fingerprint density at radius 3 is 2.77 bits per heavy atom. The summed E-state index contributed by atoms with van der Waals surface area (Å²) in [5, 5.41) is 3.05. The fraction of sp³-hybridized carbons (Fsp3) is 0.261. The normalized spacial score (nSPS) is 16.9. The summed E-state index contributed by atoms with van der Waals surface area (Å²) in [4.78, 5) is 32.3. The van der Waals surface area contributed by atoms with Crippen LogP contribution in [0.1, 0.15) is 23.9 Å². The molecule has 3 aromatic rings. The Morgan fingerprint density at radius 1 is 1.26 bits per heavy atom. The van der Waals surface area contributed by atoms with Crippen molar-refractivity contribution in [3.8, 4) is 5.75 Å². The maximum absolute atomic E-state index is 13.2. The minimum atomic E-state index is -0.743. The molecule has 2 heterocycles. The second kappa shape index (κ2) is 8.93. The van der Waals surface area contributed by atoms with Gasteiger partial charge in [-0.25, -0.2) is 4.98 Å². The SMILES string of the molecule is COc1cccc(C(NC(=O)C2CCN(c3cccc(Br)c3)C2=O)c2nccn2C)c1. The van der Waals surface area contributed by atoms with Crippen molar-refractivity contribution >= 4 is 33.4 Å². The van der Waals surface area contributed by atoms with Gasteiger partial charge in [0.2, 0.25) is 11.8 Å². The number of imidazole rings is 1. The van der Waals surface area contributed by atoms with E-state index in [0.717, 1.165) is 15.7 Å². The zero-order valence-electron chi connectivity index (χ0n) is 17.3. The third-order valence-electron chi connectivity index (χ3n) is 5.47. The Kier molecular flexibility index (Phi) is 6.08. The number of aromatic nitrogens is 2. The van der Waals surface area contributed by atoms with Gasteiger partial charge in [0, 0.05) is 36.1 Å². The van der Waals surface area contributed by atoms with Crippen molar-refractivity contribution in [1.29, 1.82) is 0 Å². The lowest BCUT2D eigenvalue weighted by Crippen LogP contribution is -2.39. The predicted molar refractivity (Wildman–Crippen MR) is 121 cm³/mol. The van der Waals surface area contributed by atoms with Gasteiger partial charge in [0.25, 0.3) is 0 Å².